The molecule has 0 unspecified atom stereocenters. The van der Waals surface area contributed by atoms with E-state index in [2.05, 4.69) is 4.98 Å². The zero-order valence-electron chi connectivity index (χ0n) is 22.2. The standard InChI is InChI=1S/C28H32N4O7/c1-31(2)17-8-7-13-10-16-18(32(3)4)11-15(14-6-5-9-30-12-14)22(33)20(16)24(35)19(13)25(36)27(38)26(37)21(23(17)34)28(29)39/h5-6,9,11-13,17,27,33-35,38H,7-8,10H2,1-4H3,(H2,29,39)/b23-21-/t13-,17+,27+/m1/s1. The molecule has 0 aliphatic heterocycles. The van der Waals surface area contributed by atoms with E-state index in [9.17, 15) is 34.8 Å². The number of pyridine rings is 1. The van der Waals surface area contributed by atoms with Gasteiger partial charge < -0.3 is 31.1 Å². The van der Waals surface area contributed by atoms with E-state index < -0.39 is 52.6 Å². The summed E-state index contributed by atoms with van der Waals surface area (Å²) in [5.41, 5.74) is 6.52. The number of carbonyl (C=O) groups excluding carboxylic acids is 3. The Morgan fingerprint density at radius 1 is 1.08 bits per heavy atom. The second-order valence-corrected chi connectivity index (χ2v) is 10.3. The van der Waals surface area contributed by atoms with Crippen LogP contribution in [0.3, 0.4) is 0 Å². The van der Waals surface area contributed by atoms with Gasteiger partial charge in [-0.3, -0.25) is 24.3 Å². The maximum Gasteiger partial charge on any atom is 0.255 e. The van der Waals surface area contributed by atoms with Crippen molar-refractivity contribution in [1.29, 1.82) is 0 Å². The van der Waals surface area contributed by atoms with Gasteiger partial charge in [-0.05, 0) is 57.0 Å². The fourth-order valence-corrected chi connectivity index (χ4v) is 5.48. The van der Waals surface area contributed by atoms with Gasteiger partial charge in [-0.2, -0.15) is 0 Å². The van der Waals surface area contributed by atoms with Gasteiger partial charge in [0.2, 0.25) is 5.78 Å². The van der Waals surface area contributed by atoms with Gasteiger partial charge in [0.1, 0.15) is 22.8 Å². The summed E-state index contributed by atoms with van der Waals surface area (Å²) in [6, 6.07) is 4.40. The molecule has 0 saturated carbocycles. The molecule has 0 radical (unpaired) electrons. The number of carbonyl (C=O) groups is 3. The number of Topliss-reactive ketones (excluding diaryl/α,β-unsaturated/α-hetero) is 2. The van der Waals surface area contributed by atoms with Crippen LogP contribution in [-0.2, 0) is 20.8 Å². The normalized spacial score (nSPS) is 23.9. The number of primary amides is 1. The van der Waals surface area contributed by atoms with Crippen LogP contribution in [0.15, 0.2) is 47.5 Å². The van der Waals surface area contributed by atoms with Crippen molar-refractivity contribution in [3.05, 3.63) is 58.6 Å². The summed E-state index contributed by atoms with van der Waals surface area (Å²) in [6.45, 7) is 0. The molecule has 206 valence electrons. The van der Waals surface area contributed by atoms with E-state index in [4.69, 9.17) is 5.73 Å². The van der Waals surface area contributed by atoms with Crippen molar-refractivity contribution in [3.63, 3.8) is 0 Å². The Kier molecular flexibility index (Phi) is 7.49. The molecule has 4 rings (SSSR count). The Labute approximate surface area is 225 Å². The number of amides is 1. The van der Waals surface area contributed by atoms with Crippen LogP contribution in [0.1, 0.15) is 24.0 Å². The van der Waals surface area contributed by atoms with Gasteiger partial charge in [0.15, 0.2) is 11.9 Å². The van der Waals surface area contributed by atoms with E-state index >= 15 is 0 Å². The highest BCUT2D eigenvalue weighted by molar-refractivity contribution is 6.29. The fraction of sp³-hybridized carbons (Fsp3) is 0.357. The molecule has 2 aliphatic rings. The second-order valence-electron chi connectivity index (χ2n) is 10.3. The number of anilines is 1. The summed E-state index contributed by atoms with van der Waals surface area (Å²) in [7, 11) is 6.91. The number of nitrogens with zero attached hydrogens (tertiary/aromatic N) is 3. The number of ketones is 2. The van der Waals surface area contributed by atoms with Crippen LogP contribution in [0.2, 0.25) is 0 Å². The average molecular weight is 537 g/mol. The molecule has 11 nitrogen and oxygen atoms in total. The van der Waals surface area contributed by atoms with Crippen LogP contribution >= 0.6 is 0 Å². The lowest BCUT2D eigenvalue weighted by Crippen LogP contribution is -2.43. The van der Waals surface area contributed by atoms with Crippen LogP contribution in [0.5, 0.6) is 5.75 Å². The Morgan fingerprint density at radius 3 is 2.33 bits per heavy atom. The smallest absolute Gasteiger partial charge is 0.255 e. The maximum absolute atomic E-state index is 13.5. The number of fused-ring (bicyclic) bond motifs is 2. The molecule has 1 amide bonds. The number of phenols is 1. The first kappa shape index (κ1) is 27.8. The quantitative estimate of drug-likeness (QED) is 0.284. The van der Waals surface area contributed by atoms with Crippen molar-refractivity contribution in [3.8, 4) is 16.9 Å². The van der Waals surface area contributed by atoms with E-state index in [1.807, 2.05) is 19.0 Å². The number of likely N-dealkylation sites (N-methyl/N-ethyl adjacent to an activating group) is 1. The molecule has 1 aromatic heterocycles. The van der Waals surface area contributed by atoms with Gasteiger partial charge in [0.05, 0.1) is 11.6 Å². The summed E-state index contributed by atoms with van der Waals surface area (Å²) < 4.78 is 0. The van der Waals surface area contributed by atoms with Crippen LogP contribution in [0, 0.1) is 5.92 Å². The molecular formula is C28H32N4O7. The zero-order chi connectivity index (χ0) is 28.8. The Morgan fingerprint density at radius 2 is 1.77 bits per heavy atom. The molecule has 2 aromatic rings. The molecule has 1 heterocycles. The number of rotatable bonds is 4. The van der Waals surface area contributed by atoms with Gasteiger partial charge >= 0.3 is 0 Å². The van der Waals surface area contributed by atoms with Crippen molar-refractivity contribution >= 4 is 28.9 Å². The minimum atomic E-state index is -2.39. The number of aliphatic hydroxyl groups is 3. The number of phenolic OH excluding ortho intramolecular Hbond substituents is 1. The molecule has 11 heteroatoms. The van der Waals surface area contributed by atoms with Crippen molar-refractivity contribution in [2.75, 3.05) is 33.1 Å². The lowest BCUT2D eigenvalue weighted by molar-refractivity contribution is -0.135. The third-order valence-corrected chi connectivity index (χ3v) is 7.43. The number of hydrogen-bond donors (Lipinski definition) is 5. The summed E-state index contributed by atoms with van der Waals surface area (Å²) in [4.78, 5) is 46.3. The average Bonchev–Trinajstić information content (AvgIpc) is 2.87. The monoisotopic (exact) mass is 536 g/mol. The number of nitrogens with two attached hydrogens (primary N) is 1. The Balaban J connectivity index is 1.98. The molecule has 2 aliphatic carbocycles. The maximum atomic E-state index is 13.5. The first-order chi connectivity index (χ1) is 18.4. The van der Waals surface area contributed by atoms with Crippen LogP contribution in [0.4, 0.5) is 5.69 Å². The van der Waals surface area contributed by atoms with Crippen molar-refractivity contribution in [2.45, 2.75) is 31.4 Å². The summed E-state index contributed by atoms with van der Waals surface area (Å²) in [6.07, 6.45) is 1.37. The number of aliphatic hydroxyl groups excluding tert-OH is 3. The number of aromatic hydroxyl groups is 1. The molecule has 3 atom stereocenters. The van der Waals surface area contributed by atoms with Crippen LogP contribution in [-0.4, -0.2) is 88.1 Å². The highest BCUT2D eigenvalue weighted by Crippen LogP contribution is 2.48. The fourth-order valence-electron chi connectivity index (χ4n) is 5.48. The molecule has 0 saturated heterocycles. The molecular weight excluding hydrogens is 504 g/mol. The first-order valence-corrected chi connectivity index (χ1v) is 12.4. The van der Waals surface area contributed by atoms with Crippen molar-refractivity contribution < 1.29 is 34.8 Å². The summed E-state index contributed by atoms with van der Waals surface area (Å²) in [5, 5.41) is 44.6. The van der Waals surface area contributed by atoms with E-state index in [0.717, 1.165) is 0 Å². The minimum absolute atomic E-state index is 0.0223. The molecule has 0 fully saturated rings. The summed E-state index contributed by atoms with van der Waals surface area (Å²) >= 11 is 0. The molecule has 6 N–H and O–H groups in total. The highest BCUT2D eigenvalue weighted by atomic mass is 16.3. The SMILES string of the molecule is CN(C)c1cc(-c2cccnc2)c(O)c2c1C[C@H]1CC[C@H](N(C)C)/C(O)=C(/C(N)=O)C(=O)[C@@H](O)C(=O)C1=C2O. The topological polar surface area (TPSA) is 178 Å². The lowest BCUT2D eigenvalue weighted by atomic mass is 9.74. The van der Waals surface area contributed by atoms with Crippen molar-refractivity contribution in [1.82, 2.24) is 9.88 Å². The number of benzene rings is 1. The lowest BCUT2D eigenvalue weighted by Gasteiger charge is -2.34. The van der Waals surface area contributed by atoms with Gasteiger partial charge in [-0.15, -0.1) is 0 Å². The Bertz CT molecular complexity index is 1410. The molecule has 1 aromatic carbocycles. The van der Waals surface area contributed by atoms with Gasteiger partial charge in [-0.1, -0.05) is 6.07 Å². The van der Waals surface area contributed by atoms with Gasteiger partial charge in [0, 0.05) is 48.9 Å². The molecule has 0 spiro atoms. The van der Waals surface area contributed by atoms with Crippen LogP contribution in [0.25, 0.3) is 16.9 Å². The predicted molar refractivity (Wildman–Crippen MR) is 144 cm³/mol. The van der Waals surface area contributed by atoms with Gasteiger partial charge in [0.25, 0.3) is 5.91 Å². The predicted octanol–water partition coefficient (Wildman–Crippen LogP) is 1.48. The van der Waals surface area contributed by atoms with E-state index in [-0.39, 0.29) is 36.1 Å². The third kappa shape index (κ3) is 4.75. The van der Waals surface area contributed by atoms with E-state index in [0.29, 0.717) is 22.4 Å². The first-order valence-electron chi connectivity index (χ1n) is 12.4. The minimum Gasteiger partial charge on any atom is -0.510 e. The molecule has 39 heavy (non-hydrogen) atoms. The van der Waals surface area contributed by atoms with E-state index in [1.54, 1.807) is 49.6 Å². The molecule has 0 bridgehead atoms. The van der Waals surface area contributed by atoms with Gasteiger partial charge in [-0.25, -0.2) is 0 Å². The highest BCUT2D eigenvalue weighted by Gasteiger charge is 2.43. The van der Waals surface area contributed by atoms with E-state index in [1.165, 1.54) is 0 Å². The third-order valence-electron chi connectivity index (χ3n) is 7.43. The largest absolute Gasteiger partial charge is 0.510 e. The van der Waals surface area contributed by atoms with Crippen molar-refractivity contribution in [2.24, 2.45) is 11.7 Å². The second kappa shape index (κ2) is 10.5. The number of hydrogen-bond acceptors (Lipinski definition) is 10. The number of aromatic nitrogens is 1. The Hall–Kier alpha value is -4.22. The van der Waals surface area contributed by atoms with Crippen LogP contribution < -0.4 is 10.6 Å². The summed E-state index contributed by atoms with van der Waals surface area (Å²) in [5.74, 6) is -5.88. The zero-order valence-corrected chi connectivity index (χ0v) is 22.2.